The standard InChI is InChI=1S/C18H22F3N3O2/c1-12-10-13(12)17(26)24-8-6-23(7-9-24)11-16(25)22-15-5-3-2-4-14(15)18(19,20)21/h2-5,12-13H,6-11H2,1H3,(H,22,25)/p+1/t12-,13+/m0/s1. The average molecular weight is 370 g/mol. The van der Waals surface area contributed by atoms with E-state index in [1.54, 1.807) is 0 Å². The molecule has 5 nitrogen and oxygen atoms in total. The molecule has 1 aliphatic heterocycles. The van der Waals surface area contributed by atoms with E-state index in [-0.39, 0.29) is 24.1 Å². The van der Waals surface area contributed by atoms with Crippen LogP contribution in [0.25, 0.3) is 0 Å². The molecule has 2 N–H and O–H groups in total. The molecule has 2 fully saturated rings. The number of nitrogens with one attached hydrogen (secondary N) is 2. The first-order chi connectivity index (χ1) is 12.3. The van der Waals surface area contributed by atoms with Crippen molar-refractivity contribution in [3.63, 3.8) is 0 Å². The van der Waals surface area contributed by atoms with Crippen LogP contribution in [-0.4, -0.2) is 49.4 Å². The van der Waals surface area contributed by atoms with E-state index < -0.39 is 17.6 Å². The second-order valence-electron chi connectivity index (χ2n) is 7.16. The number of amides is 2. The van der Waals surface area contributed by atoms with Gasteiger partial charge in [-0.3, -0.25) is 9.59 Å². The normalized spacial score (nSPS) is 23.6. The second kappa shape index (κ2) is 7.26. The Morgan fingerprint density at radius 2 is 1.85 bits per heavy atom. The lowest BCUT2D eigenvalue weighted by Gasteiger charge is -2.32. The first-order valence-electron chi connectivity index (χ1n) is 8.84. The second-order valence-corrected chi connectivity index (χ2v) is 7.16. The van der Waals surface area contributed by atoms with Gasteiger partial charge in [0, 0.05) is 5.92 Å². The maximum atomic E-state index is 13.0. The molecule has 1 aromatic carbocycles. The molecule has 0 radical (unpaired) electrons. The molecule has 1 saturated heterocycles. The number of carbonyl (C=O) groups is 2. The van der Waals surface area contributed by atoms with Gasteiger partial charge in [0.1, 0.15) is 0 Å². The molecule has 2 aliphatic rings. The largest absolute Gasteiger partial charge is 0.418 e. The molecule has 1 aromatic rings. The summed E-state index contributed by atoms with van der Waals surface area (Å²) in [4.78, 5) is 27.2. The third-order valence-corrected chi connectivity index (χ3v) is 5.13. The Balaban J connectivity index is 1.50. The molecule has 3 rings (SSSR count). The summed E-state index contributed by atoms with van der Waals surface area (Å²) in [6, 6.07) is 4.96. The van der Waals surface area contributed by atoms with Crippen molar-refractivity contribution in [1.82, 2.24) is 4.90 Å². The van der Waals surface area contributed by atoms with Gasteiger partial charge in [0.25, 0.3) is 5.91 Å². The van der Waals surface area contributed by atoms with Crippen molar-refractivity contribution < 1.29 is 27.7 Å². The molecular weight excluding hydrogens is 347 g/mol. The van der Waals surface area contributed by atoms with Gasteiger partial charge in [0.05, 0.1) is 37.4 Å². The van der Waals surface area contributed by atoms with Gasteiger partial charge in [-0.25, -0.2) is 0 Å². The number of nitrogens with zero attached hydrogens (tertiary/aromatic N) is 1. The predicted octanol–water partition coefficient (Wildman–Crippen LogP) is 1.03. The van der Waals surface area contributed by atoms with Crippen LogP contribution in [0.2, 0.25) is 0 Å². The van der Waals surface area contributed by atoms with Gasteiger partial charge < -0.3 is 15.1 Å². The molecule has 1 saturated carbocycles. The summed E-state index contributed by atoms with van der Waals surface area (Å²) in [6.45, 7) is 4.58. The third-order valence-electron chi connectivity index (χ3n) is 5.13. The zero-order valence-electron chi connectivity index (χ0n) is 14.6. The molecule has 0 spiro atoms. The lowest BCUT2D eigenvalue weighted by atomic mass is 10.1. The van der Waals surface area contributed by atoms with Gasteiger partial charge >= 0.3 is 6.18 Å². The molecule has 26 heavy (non-hydrogen) atoms. The zero-order valence-corrected chi connectivity index (χ0v) is 14.6. The highest BCUT2D eigenvalue weighted by Gasteiger charge is 2.42. The Morgan fingerprint density at radius 3 is 2.42 bits per heavy atom. The van der Waals surface area contributed by atoms with Crippen molar-refractivity contribution in [3.8, 4) is 0 Å². The number of halogens is 3. The average Bonchev–Trinajstić information content (AvgIpc) is 3.31. The summed E-state index contributed by atoms with van der Waals surface area (Å²) in [7, 11) is 0. The third kappa shape index (κ3) is 4.35. The van der Waals surface area contributed by atoms with Gasteiger partial charge in [-0.1, -0.05) is 19.1 Å². The summed E-state index contributed by atoms with van der Waals surface area (Å²) in [5, 5.41) is 2.37. The Labute approximate surface area is 150 Å². The van der Waals surface area contributed by atoms with Crippen LogP contribution in [0.3, 0.4) is 0 Å². The van der Waals surface area contributed by atoms with Gasteiger partial charge in [-0.05, 0) is 24.5 Å². The number of rotatable bonds is 4. The van der Waals surface area contributed by atoms with E-state index in [1.165, 1.54) is 18.2 Å². The van der Waals surface area contributed by atoms with Crippen molar-refractivity contribution in [2.24, 2.45) is 11.8 Å². The van der Waals surface area contributed by atoms with Crippen LogP contribution in [0.1, 0.15) is 18.9 Å². The van der Waals surface area contributed by atoms with Crippen molar-refractivity contribution >= 4 is 17.5 Å². The fourth-order valence-electron chi connectivity index (χ4n) is 3.38. The monoisotopic (exact) mass is 370 g/mol. The summed E-state index contributed by atoms with van der Waals surface area (Å²) < 4.78 is 38.9. The maximum Gasteiger partial charge on any atom is 0.418 e. The minimum absolute atomic E-state index is 0.0913. The molecular formula is C18H23F3N3O2+. The molecule has 2 amide bonds. The fraction of sp³-hybridized carbons (Fsp3) is 0.556. The van der Waals surface area contributed by atoms with Crippen LogP contribution in [0.4, 0.5) is 18.9 Å². The smallest absolute Gasteiger partial charge is 0.331 e. The Bertz CT molecular complexity index is 685. The van der Waals surface area contributed by atoms with Crippen LogP contribution >= 0.6 is 0 Å². The van der Waals surface area contributed by atoms with Gasteiger partial charge in [0.2, 0.25) is 5.91 Å². The molecule has 0 bridgehead atoms. The topological polar surface area (TPSA) is 53.9 Å². The first-order valence-corrected chi connectivity index (χ1v) is 8.84. The van der Waals surface area contributed by atoms with E-state index in [0.29, 0.717) is 32.1 Å². The lowest BCUT2D eigenvalue weighted by molar-refractivity contribution is -0.895. The van der Waals surface area contributed by atoms with Crippen LogP contribution in [0.15, 0.2) is 24.3 Å². The Morgan fingerprint density at radius 1 is 1.23 bits per heavy atom. The van der Waals surface area contributed by atoms with Crippen LogP contribution in [-0.2, 0) is 15.8 Å². The molecule has 1 heterocycles. The molecule has 2 atom stereocenters. The van der Waals surface area contributed by atoms with Crippen molar-refractivity contribution in [2.75, 3.05) is 38.0 Å². The fourth-order valence-corrected chi connectivity index (χ4v) is 3.38. The van der Waals surface area contributed by atoms with Crippen molar-refractivity contribution in [2.45, 2.75) is 19.5 Å². The SMILES string of the molecule is C[C@H]1C[C@H]1C(=O)N1CC[NH+](CC(=O)Nc2ccccc2C(F)(F)F)CC1. The van der Waals surface area contributed by atoms with E-state index in [0.717, 1.165) is 17.4 Å². The van der Waals surface area contributed by atoms with Crippen molar-refractivity contribution in [3.05, 3.63) is 29.8 Å². The van der Waals surface area contributed by atoms with Gasteiger partial charge in [-0.15, -0.1) is 0 Å². The van der Waals surface area contributed by atoms with Crippen LogP contribution in [0, 0.1) is 11.8 Å². The number of benzene rings is 1. The van der Waals surface area contributed by atoms with E-state index >= 15 is 0 Å². The first kappa shape index (κ1) is 18.7. The maximum absolute atomic E-state index is 13.0. The number of alkyl halides is 3. The quantitative estimate of drug-likeness (QED) is 0.832. The van der Waals surface area contributed by atoms with Gasteiger partial charge in [0.15, 0.2) is 6.54 Å². The van der Waals surface area contributed by atoms with Crippen LogP contribution in [0.5, 0.6) is 0 Å². The molecule has 0 aromatic heterocycles. The molecule has 0 unspecified atom stereocenters. The number of hydrogen-bond acceptors (Lipinski definition) is 2. The summed E-state index contributed by atoms with van der Waals surface area (Å²) in [6.07, 6.45) is -3.56. The number of hydrogen-bond donors (Lipinski definition) is 2. The zero-order chi connectivity index (χ0) is 18.9. The highest BCUT2D eigenvalue weighted by atomic mass is 19.4. The van der Waals surface area contributed by atoms with Crippen LogP contribution < -0.4 is 10.2 Å². The highest BCUT2D eigenvalue weighted by molar-refractivity contribution is 5.92. The number of carbonyl (C=O) groups excluding carboxylic acids is 2. The Kier molecular flexibility index (Phi) is 5.22. The van der Waals surface area contributed by atoms with E-state index in [4.69, 9.17) is 0 Å². The Hall–Kier alpha value is -2.09. The molecule has 1 aliphatic carbocycles. The van der Waals surface area contributed by atoms with E-state index in [2.05, 4.69) is 12.2 Å². The van der Waals surface area contributed by atoms with E-state index in [9.17, 15) is 22.8 Å². The number of quaternary nitrogens is 1. The summed E-state index contributed by atoms with van der Waals surface area (Å²) >= 11 is 0. The minimum atomic E-state index is -4.51. The minimum Gasteiger partial charge on any atom is -0.331 e. The predicted molar refractivity (Wildman–Crippen MR) is 89.5 cm³/mol. The summed E-state index contributed by atoms with van der Waals surface area (Å²) in [5.74, 6) is 0.360. The number of piperazine rings is 1. The van der Waals surface area contributed by atoms with Gasteiger partial charge in [-0.2, -0.15) is 13.2 Å². The number of anilines is 1. The van der Waals surface area contributed by atoms with E-state index in [1.807, 2.05) is 4.90 Å². The lowest BCUT2D eigenvalue weighted by Crippen LogP contribution is -3.15. The molecule has 8 heteroatoms. The highest BCUT2D eigenvalue weighted by Crippen LogP contribution is 2.39. The van der Waals surface area contributed by atoms with Crippen molar-refractivity contribution in [1.29, 1.82) is 0 Å². The summed E-state index contributed by atoms with van der Waals surface area (Å²) in [5.41, 5.74) is -1.07. The number of para-hydroxylation sites is 1. The molecule has 142 valence electrons.